The third kappa shape index (κ3) is 2.17. The van der Waals surface area contributed by atoms with Gasteiger partial charge in [-0.1, -0.05) is 23.2 Å². The third-order valence-corrected chi connectivity index (χ3v) is 4.35. The number of rotatable bonds is 2. The van der Waals surface area contributed by atoms with Crippen LogP contribution >= 0.6 is 23.2 Å². The number of anilines is 1. The van der Waals surface area contributed by atoms with E-state index in [0.717, 1.165) is 35.4 Å². The molecular formula is C16H13Cl2N3. The topological polar surface area (TPSA) is 43.8 Å². The molecule has 0 unspecified atom stereocenters. The van der Waals surface area contributed by atoms with Gasteiger partial charge < -0.3 is 5.73 Å². The Morgan fingerprint density at radius 3 is 2.67 bits per heavy atom. The second-order valence-electron chi connectivity index (χ2n) is 5.42. The maximum atomic E-state index is 6.38. The third-order valence-electron chi connectivity index (χ3n) is 3.80. The number of benzene rings is 2. The minimum atomic E-state index is 0.494. The quantitative estimate of drug-likeness (QED) is 0.690. The second kappa shape index (κ2) is 4.65. The summed E-state index contributed by atoms with van der Waals surface area (Å²) < 4.78 is 2.11. The molecule has 1 fully saturated rings. The molecule has 0 amide bonds. The first-order chi connectivity index (χ1) is 10.1. The van der Waals surface area contributed by atoms with Crippen LogP contribution in [0.2, 0.25) is 10.0 Å². The molecule has 0 saturated heterocycles. The van der Waals surface area contributed by atoms with Crippen molar-refractivity contribution in [1.29, 1.82) is 0 Å². The van der Waals surface area contributed by atoms with E-state index in [9.17, 15) is 0 Å². The molecule has 2 N–H and O–H groups in total. The van der Waals surface area contributed by atoms with E-state index in [4.69, 9.17) is 33.9 Å². The van der Waals surface area contributed by atoms with Gasteiger partial charge >= 0.3 is 0 Å². The summed E-state index contributed by atoms with van der Waals surface area (Å²) in [5.74, 6) is 1.54. The summed E-state index contributed by atoms with van der Waals surface area (Å²) in [6, 6.07) is 11.3. The first-order valence-electron chi connectivity index (χ1n) is 6.87. The highest BCUT2D eigenvalue weighted by Crippen LogP contribution is 2.43. The van der Waals surface area contributed by atoms with Crippen LogP contribution in [0.3, 0.4) is 0 Å². The predicted octanol–water partition coefficient (Wildman–Crippen LogP) is 4.79. The van der Waals surface area contributed by atoms with Crippen LogP contribution in [-0.4, -0.2) is 9.55 Å². The van der Waals surface area contributed by atoms with E-state index in [2.05, 4.69) is 4.57 Å². The Morgan fingerprint density at radius 1 is 1.10 bits per heavy atom. The number of nitrogens with zero attached hydrogens (tertiary/aromatic N) is 2. The minimum Gasteiger partial charge on any atom is -0.399 e. The van der Waals surface area contributed by atoms with Crippen molar-refractivity contribution in [2.75, 3.05) is 5.73 Å². The number of nitrogen functional groups attached to an aromatic ring is 1. The molecule has 1 aliphatic rings. The number of imidazole rings is 1. The molecule has 0 atom stereocenters. The zero-order valence-corrected chi connectivity index (χ0v) is 12.7. The van der Waals surface area contributed by atoms with E-state index < -0.39 is 0 Å². The molecule has 21 heavy (non-hydrogen) atoms. The van der Waals surface area contributed by atoms with E-state index in [1.807, 2.05) is 30.3 Å². The van der Waals surface area contributed by atoms with Gasteiger partial charge in [-0.05, 0) is 49.2 Å². The molecule has 0 aliphatic heterocycles. The molecule has 5 heteroatoms. The van der Waals surface area contributed by atoms with Crippen molar-refractivity contribution in [2.45, 2.75) is 18.8 Å². The van der Waals surface area contributed by atoms with Crippen LogP contribution in [0.4, 0.5) is 5.69 Å². The van der Waals surface area contributed by atoms with Gasteiger partial charge in [0.15, 0.2) is 0 Å². The van der Waals surface area contributed by atoms with Gasteiger partial charge in [0.05, 0.1) is 21.7 Å². The summed E-state index contributed by atoms with van der Waals surface area (Å²) in [5.41, 5.74) is 9.36. The monoisotopic (exact) mass is 317 g/mol. The van der Waals surface area contributed by atoms with Crippen molar-refractivity contribution in [3.8, 4) is 5.69 Å². The molecule has 0 radical (unpaired) electrons. The standard InChI is InChI=1S/C16H13Cl2N3/c17-10-3-5-12(18)15(7-10)21-14-6-4-11(19)8-13(14)20-16(21)9-1-2-9/h3-9H,1-2,19H2. The number of aromatic nitrogens is 2. The van der Waals surface area contributed by atoms with Crippen LogP contribution in [0.5, 0.6) is 0 Å². The Bertz CT molecular complexity index is 850. The van der Waals surface area contributed by atoms with E-state index in [-0.39, 0.29) is 0 Å². The molecule has 3 aromatic rings. The summed E-state index contributed by atoms with van der Waals surface area (Å²) in [6.45, 7) is 0. The van der Waals surface area contributed by atoms with Gasteiger partial charge in [-0.15, -0.1) is 0 Å². The lowest BCUT2D eigenvalue weighted by Crippen LogP contribution is -2.00. The zero-order chi connectivity index (χ0) is 14.6. The maximum absolute atomic E-state index is 6.38. The highest BCUT2D eigenvalue weighted by Gasteiger charge is 2.30. The van der Waals surface area contributed by atoms with E-state index in [0.29, 0.717) is 21.7 Å². The van der Waals surface area contributed by atoms with Crippen LogP contribution in [0.25, 0.3) is 16.7 Å². The van der Waals surface area contributed by atoms with Gasteiger partial charge in [-0.25, -0.2) is 4.98 Å². The lowest BCUT2D eigenvalue weighted by Gasteiger charge is -2.11. The largest absolute Gasteiger partial charge is 0.399 e. The number of nitrogens with two attached hydrogens (primary N) is 1. The highest BCUT2D eigenvalue weighted by atomic mass is 35.5. The van der Waals surface area contributed by atoms with Crippen molar-refractivity contribution in [3.63, 3.8) is 0 Å². The fourth-order valence-electron chi connectivity index (χ4n) is 2.64. The zero-order valence-electron chi connectivity index (χ0n) is 11.2. The SMILES string of the molecule is Nc1ccc2c(c1)nc(C1CC1)n2-c1cc(Cl)ccc1Cl. The number of halogens is 2. The summed E-state index contributed by atoms with van der Waals surface area (Å²) in [7, 11) is 0. The van der Waals surface area contributed by atoms with Gasteiger partial charge in [0.25, 0.3) is 0 Å². The Hall–Kier alpha value is -1.71. The van der Waals surface area contributed by atoms with Crippen LogP contribution in [0.1, 0.15) is 24.6 Å². The average Bonchev–Trinajstić information content (AvgIpc) is 3.23. The molecule has 1 heterocycles. The van der Waals surface area contributed by atoms with E-state index >= 15 is 0 Å². The van der Waals surface area contributed by atoms with Gasteiger partial charge in [-0.2, -0.15) is 0 Å². The van der Waals surface area contributed by atoms with Crippen molar-refractivity contribution < 1.29 is 0 Å². The lowest BCUT2D eigenvalue weighted by atomic mass is 10.2. The smallest absolute Gasteiger partial charge is 0.117 e. The minimum absolute atomic E-state index is 0.494. The van der Waals surface area contributed by atoms with E-state index in [1.165, 1.54) is 0 Å². The van der Waals surface area contributed by atoms with E-state index in [1.54, 1.807) is 6.07 Å². The Labute approximate surface area is 132 Å². The maximum Gasteiger partial charge on any atom is 0.117 e. The van der Waals surface area contributed by atoms with Crippen LogP contribution in [-0.2, 0) is 0 Å². The fourth-order valence-corrected chi connectivity index (χ4v) is 3.01. The Morgan fingerprint density at radius 2 is 1.90 bits per heavy atom. The van der Waals surface area contributed by atoms with Crippen molar-refractivity contribution >= 4 is 39.9 Å². The molecule has 4 rings (SSSR count). The highest BCUT2D eigenvalue weighted by molar-refractivity contribution is 6.34. The lowest BCUT2D eigenvalue weighted by molar-refractivity contribution is 0.897. The fraction of sp³-hybridized carbons (Fsp3) is 0.188. The van der Waals surface area contributed by atoms with Crippen molar-refractivity contribution in [2.24, 2.45) is 0 Å². The molecule has 106 valence electrons. The number of hydrogen-bond donors (Lipinski definition) is 1. The molecular weight excluding hydrogens is 305 g/mol. The van der Waals surface area contributed by atoms with Gasteiger partial charge in [0, 0.05) is 16.6 Å². The molecule has 0 bridgehead atoms. The number of hydrogen-bond acceptors (Lipinski definition) is 2. The molecule has 0 spiro atoms. The normalized spacial score (nSPS) is 14.8. The van der Waals surface area contributed by atoms with Gasteiger partial charge in [-0.3, -0.25) is 4.57 Å². The summed E-state index contributed by atoms with van der Waals surface area (Å²) >= 11 is 12.5. The molecule has 3 nitrogen and oxygen atoms in total. The second-order valence-corrected chi connectivity index (χ2v) is 6.27. The number of fused-ring (bicyclic) bond motifs is 1. The van der Waals surface area contributed by atoms with Gasteiger partial charge in [0.1, 0.15) is 5.82 Å². The molecule has 2 aromatic carbocycles. The summed E-state index contributed by atoms with van der Waals surface area (Å²) in [5, 5.41) is 1.32. The van der Waals surface area contributed by atoms with Crippen molar-refractivity contribution in [3.05, 3.63) is 52.3 Å². The first kappa shape index (κ1) is 13.0. The van der Waals surface area contributed by atoms with Crippen LogP contribution in [0, 0.1) is 0 Å². The summed E-state index contributed by atoms with van der Waals surface area (Å²) in [6.07, 6.45) is 2.33. The predicted molar refractivity (Wildman–Crippen MR) is 87.5 cm³/mol. The Balaban J connectivity index is 2.06. The molecule has 1 aromatic heterocycles. The average molecular weight is 318 g/mol. The van der Waals surface area contributed by atoms with Gasteiger partial charge in [0.2, 0.25) is 0 Å². The molecule has 1 aliphatic carbocycles. The van der Waals surface area contributed by atoms with Crippen LogP contribution < -0.4 is 5.73 Å². The van der Waals surface area contributed by atoms with Crippen LogP contribution in [0.15, 0.2) is 36.4 Å². The summed E-state index contributed by atoms with van der Waals surface area (Å²) in [4.78, 5) is 4.76. The van der Waals surface area contributed by atoms with Crippen molar-refractivity contribution in [1.82, 2.24) is 9.55 Å². The Kier molecular flexibility index (Phi) is 2.88. The molecule has 1 saturated carbocycles. The first-order valence-corrected chi connectivity index (χ1v) is 7.62.